The Balaban J connectivity index is 1.55. The van der Waals surface area contributed by atoms with Gasteiger partial charge in [-0.15, -0.1) is 11.3 Å². The van der Waals surface area contributed by atoms with Gasteiger partial charge in [0.2, 0.25) is 5.91 Å². The molecule has 1 aliphatic heterocycles. The van der Waals surface area contributed by atoms with E-state index in [0.29, 0.717) is 12.0 Å². The second-order valence-electron chi connectivity index (χ2n) is 7.20. The molecular formula is C21H25NO3S. The van der Waals surface area contributed by atoms with E-state index in [9.17, 15) is 4.79 Å². The second kappa shape index (κ2) is 7.80. The third kappa shape index (κ3) is 3.51. The van der Waals surface area contributed by atoms with Crippen LogP contribution in [0.1, 0.15) is 47.7 Å². The molecule has 3 heterocycles. The van der Waals surface area contributed by atoms with Crippen molar-refractivity contribution in [2.75, 3.05) is 13.7 Å². The number of methoxy groups -OCH3 is 1. The molecule has 2 aromatic heterocycles. The van der Waals surface area contributed by atoms with Gasteiger partial charge in [0, 0.05) is 30.2 Å². The monoisotopic (exact) mass is 371 g/mol. The summed E-state index contributed by atoms with van der Waals surface area (Å²) in [6.07, 6.45) is 12.6. The zero-order chi connectivity index (χ0) is 17.9. The van der Waals surface area contributed by atoms with E-state index in [1.807, 2.05) is 12.1 Å². The minimum absolute atomic E-state index is 0.101. The first kappa shape index (κ1) is 17.6. The van der Waals surface area contributed by atoms with Gasteiger partial charge in [-0.3, -0.25) is 4.79 Å². The summed E-state index contributed by atoms with van der Waals surface area (Å²) in [5, 5.41) is 2.17. The van der Waals surface area contributed by atoms with E-state index in [-0.39, 0.29) is 11.9 Å². The molecule has 0 spiro atoms. The summed E-state index contributed by atoms with van der Waals surface area (Å²) >= 11 is 1.81. The highest BCUT2D eigenvalue weighted by Crippen LogP contribution is 2.44. The molecule has 2 aliphatic rings. The molecule has 0 radical (unpaired) electrons. The first-order chi connectivity index (χ1) is 12.8. The molecule has 1 unspecified atom stereocenters. The van der Waals surface area contributed by atoms with Crippen LogP contribution >= 0.6 is 11.3 Å². The molecule has 26 heavy (non-hydrogen) atoms. The molecule has 1 saturated carbocycles. The minimum Gasteiger partial charge on any atom is -0.472 e. The fraction of sp³-hybridized carbons (Fsp3) is 0.476. The Hall–Kier alpha value is -1.85. The SMILES string of the molecule is COC1CCC(C2c3sccc3CCN2C(=O)/C=C/c2ccoc2)CC1. The molecule has 4 nitrogen and oxygen atoms in total. The molecule has 0 aromatic carbocycles. The van der Waals surface area contributed by atoms with Crippen molar-refractivity contribution >= 4 is 23.3 Å². The van der Waals surface area contributed by atoms with Crippen LogP contribution in [-0.2, 0) is 16.0 Å². The van der Waals surface area contributed by atoms with Crippen LogP contribution in [0, 0.1) is 5.92 Å². The minimum atomic E-state index is 0.101. The van der Waals surface area contributed by atoms with Crippen LogP contribution in [0.2, 0.25) is 0 Å². The van der Waals surface area contributed by atoms with Crippen LogP contribution in [0.5, 0.6) is 0 Å². The molecule has 1 fully saturated rings. The summed E-state index contributed by atoms with van der Waals surface area (Å²) in [5.41, 5.74) is 2.35. The lowest BCUT2D eigenvalue weighted by Crippen LogP contribution is -2.43. The van der Waals surface area contributed by atoms with Gasteiger partial charge in [0.05, 0.1) is 24.7 Å². The van der Waals surface area contributed by atoms with Crippen LogP contribution in [0.15, 0.2) is 40.5 Å². The zero-order valence-corrected chi connectivity index (χ0v) is 15.9. The Labute approximate surface area is 158 Å². The van der Waals surface area contributed by atoms with Crippen molar-refractivity contribution in [1.29, 1.82) is 0 Å². The topological polar surface area (TPSA) is 42.7 Å². The molecule has 1 amide bonds. The quantitative estimate of drug-likeness (QED) is 0.733. The predicted molar refractivity (Wildman–Crippen MR) is 103 cm³/mol. The summed E-state index contributed by atoms with van der Waals surface area (Å²) in [6.45, 7) is 0.799. The summed E-state index contributed by atoms with van der Waals surface area (Å²) in [5.74, 6) is 0.620. The van der Waals surface area contributed by atoms with Crippen molar-refractivity contribution in [1.82, 2.24) is 4.90 Å². The standard InChI is InChI=1S/C21H25NO3S/c1-24-18-5-3-16(4-6-18)20-21-17(10-13-26-21)8-11-22(20)19(23)7-2-15-9-12-25-14-15/h2,7,9-10,12-14,16,18,20H,3-6,8,11H2,1H3/b7-2+. The van der Waals surface area contributed by atoms with Crippen molar-refractivity contribution in [3.63, 3.8) is 0 Å². The van der Waals surface area contributed by atoms with Crippen LogP contribution in [-0.4, -0.2) is 30.6 Å². The third-order valence-electron chi connectivity index (χ3n) is 5.75. The lowest BCUT2D eigenvalue weighted by molar-refractivity contribution is -0.130. The maximum atomic E-state index is 13.0. The Bertz CT molecular complexity index is 756. The Morgan fingerprint density at radius 2 is 2.15 bits per heavy atom. The summed E-state index contributed by atoms with van der Waals surface area (Å²) < 4.78 is 10.6. The average molecular weight is 372 g/mol. The molecule has 2 aromatic rings. The van der Waals surface area contributed by atoms with Crippen LogP contribution in [0.3, 0.4) is 0 Å². The molecule has 0 bridgehead atoms. The Morgan fingerprint density at radius 3 is 2.88 bits per heavy atom. The first-order valence-corrected chi connectivity index (χ1v) is 10.2. The number of carbonyl (C=O) groups excluding carboxylic acids is 1. The average Bonchev–Trinajstić information content (AvgIpc) is 3.37. The number of nitrogens with zero attached hydrogens (tertiary/aromatic N) is 1. The predicted octanol–water partition coefficient (Wildman–Crippen LogP) is 4.69. The maximum absolute atomic E-state index is 13.0. The number of thiophene rings is 1. The van der Waals surface area contributed by atoms with Crippen LogP contribution in [0.25, 0.3) is 6.08 Å². The number of carbonyl (C=O) groups is 1. The van der Waals surface area contributed by atoms with Gasteiger partial charge < -0.3 is 14.1 Å². The number of amides is 1. The van der Waals surface area contributed by atoms with E-state index in [1.54, 1.807) is 37.0 Å². The first-order valence-electron chi connectivity index (χ1n) is 9.36. The molecule has 138 valence electrons. The number of furan rings is 1. The highest BCUT2D eigenvalue weighted by Gasteiger charge is 2.38. The normalized spacial score (nSPS) is 26.2. The molecule has 4 rings (SSSR count). The van der Waals surface area contributed by atoms with Crippen molar-refractivity contribution in [3.05, 3.63) is 52.1 Å². The Morgan fingerprint density at radius 1 is 1.31 bits per heavy atom. The number of hydrogen-bond donors (Lipinski definition) is 0. The number of fused-ring (bicyclic) bond motifs is 1. The van der Waals surface area contributed by atoms with Gasteiger partial charge in [-0.25, -0.2) is 0 Å². The highest BCUT2D eigenvalue weighted by atomic mass is 32.1. The lowest BCUT2D eigenvalue weighted by Gasteiger charge is -2.42. The number of ether oxygens (including phenoxy) is 1. The lowest BCUT2D eigenvalue weighted by atomic mass is 9.79. The van der Waals surface area contributed by atoms with Gasteiger partial charge in [-0.05, 0) is 67.2 Å². The Kier molecular flexibility index (Phi) is 5.27. The van der Waals surface area contributed by atoms with Crippen molar-refractivity contribution in [2.24, 2.45) is 5.92 Å². The van der Waals surface area contributed by atoms with Gasteiger partial charge in [-0.1, -0.05) is 0 Å². The van der Waals surface area contributed by atoms with Gasteiger partial charge >= 0.3 is 0 Å². The largest absolute Gasteiger partial charge is 0.472 e. The van der Waals surface area contributed by atoms with E-state index >= 15 is 0 Å². The second-order valence-corrected chi connectivity index (χ2v) is 8.15. The molecule has 5 heteroatoms. The third-order valence-corrected chi connectivity index (χ3v) is 6.78. The highest BCUT2D eigenvalue weighted by molar-refractivity contribution is 7.10. The maximum Gasteiger partial charge on any atom is 0.247 e. The molecule has 1 aliphatic carbocycles. The van der Waals surface area contributed by atoms with E-state index in [2.05, 4.69) is 16.3 Å². The van der Waals surface area contributed by atoms with Crippen molar-refractivity contribution in [3.8, 4) is 0 Å². The van der Waals surface area contributed by atoms with Gasteiger partial charge in [0.25, 0.3) is 0 Å². The molecule has 1 atom stereocenters. The van der Waals surface area contributed by atoms with E-state index in [4.69, 9.17) is 9.15 Å². The number of hydrogen-bond acceptors (Lipinski definition) is 4. The summed E-state index contributed by atoms with van der Waals surface area (Å²) in [7, 11) is 1.81. The molecule has 0 N–H and O–H groups in total. The fourth-order valence-electron chi connectivity index (χ4n) is 4.32. The zero-order valence-electron chi connectivity index (χ0n) is 15.1. The fourth-order valence-corrected chi connectivity index (χ4v) is 5.48. The van der Waals surface area contributed by atoms with Gasteiger partial charge in [-0.2, -0.15) is 0 Å². The van der Waals surface area contributed by atoms with E-state index in [1.165, 1.54) is 10.4 Å². The smallest absolute Gasteiger partial charge is 0.247 e. The van der Waals surface area contributed by atoms with E-state index < -0.39 is 0 Å². The van der Waals surface area contributed by atoms with Gasteiger partial charge in [0.1, 0.15) is 0 Å². The van der Waals surface area contributed by atoms with Crippen molar-refractivity contribution in [2.45, 2.75) is 44.2 Å². The molecule has 0 saturated heterocycles. The van der Waals surface area contributed by atoms with E-state index in [0.717, 1.165) is 44.2 Å². The van der Waals surface area contributed by atoms with Crippen LogP contribution < -0.4 is 0 Å². The van der Waals surface area contributed by atoms with Crippen molar-refractivity contribution < 1.29 is 13.9 Å². The molecular weight excluding hydrogens is 346 g/mol. The van der Waals surface area contributed by atoms with Crippen LogP contribution in [0.4, 0.5) is 0 Å². The van der Waals surface area contributed by atoms with Gasteiger partial charge in [0.15, 0.2) is 0 Å². The number of rotatable bonds is 4. The summed E-state index contributed by atoms with van der Waals surface area (Å²) in [4.78, 5) is 16.5. The summed E-state index contributed by atoms with van der Waals surface area (Å²) in [6, 6.07) is 4.30.